The van der Waals surface area contributed by atoms with Gasteiger partial charge >= 0.3 is 0 Å². The second-order valence-electron chi connectivity index (χ2n) is 6.75. The van der Waals surface area contributed by atoms with Crippen LogP contribution in [-0.4, -0.2) is 27.7 Å². The molecular weight excluding hydrogens is 290 g/mol. The Hall–Kier alpha value is -1.88. The van der Waals surface area contributed by atoms with Crippen molar-refractivity contribution in [3.05, 3.63) is 40.6 Å². The molecule has 5 nitrogen and oxygen atoms in total. The lowest BCUT2D eigenvalue weighted by Gasteiger charge is -2.35. The van der Waals surface area contributed by atoms with Gasteiger partial charge in [-0.05, 0) is 43.9 Å². The maximum absolute atomic E-state index is 5.92. The zero-order valence-electron chi connectivity index (χ0n) is 14.0. The van der Waals surface area contributed by atoms with E-state index in [9.17, 15) is 0 Å². The summed E-state index contributed by atoms with van der Waals surface area (Å²) in [5.41, 5.74) is 3.92. The average molecular weight is 313 g/mol. The summed E-state index contributed by atoms with van der Waals surface area (Å²) in [6, 6.07) is 5.47. The van der Waals surface area contributed by atoms with Gasteiger partial charge in [0.1, 0.15) is 5.75 Å². The minimum Gasteiger partial charge on any atom is -0.493 e. The zero-order valence-corrected chi connectivity index (χ0v) is 14.0. The number of ether oxygens (including phenoxy) is 1. The van der Waals surface area contributed by atoms with E-state index in [0.29, 0.717) is 23.9 Å². The van der Waals surface area contributed by atoms with Gasteiger partial charge in [0.2, 0.25) is 11.8 Å². The van der Waals surface area contributed by atoms with Gasteiger partial charge in [-0.2, -0.15) is 0 Å². The van der Waals surface area contributed by atoms with Gasteiger partial charge in [0.05, 0.1) is 13.2 Å². The summed E-state index contributed by atoms with van der Waals surface area (Å²) in [6.07, 6.45) is 3.52. The van der Waals surface area contributed by atoms with Gasteiger partial charge in [-0.25, -0.2) is 0 Å². The number of benzene rings is 1. The van der Waals surface area contributed by atoms with Crippen LogP contribution in [0.5, 0.6) is 5.75 Å². The Morgan fingerprint density at radius 1 is 1.09 bits per heavy atom. The van der Waals surface area contributed by atoms with E-state index < -0.39 is 0 Å². The SMILES string of the molecule is Cc1nnc(CN(C2CC2)C2CCOc3cc(C)c(C)cc32)o1. The maximum Gasteiger partial charge on any atom is 0.230 e. The molecule has 5 heteroatoms. The number of aryl methyl sites for hydroxylation is 3. The van der Waals surface area contributed by atoms with Crippen LogP contribution in [0.4, 0.5) is 0 Å². The van der Waals surface area contributed by atoms with Gasteiger partial charge in [-0.3, -0.25) is 4.90 Å². The third-order valence-corrected chi connectivity index (χ3v) is 4.94. The number of aromatic nitrogens is 2. The maximum atomic E-state index is 5.92. The fraction of sp³-hybridized carbons (Fsp3) is 0.556. The zero-order chi connectivity index (χ0) is 16.0. The Balaban J connectivity index is 1.66. The number of rotatable bonds is 4. The van der Waals surface area contributed by atoms with Crippen LogP contribution in [0.3, 0.4) is 0 Å². The van der Waals surface area contributed by atoms with Crippen LogP contribution in [0.1, 0.15) is 53.8 Å². The van der Waals surface area contributed by atoms with E-state index >= 15 is 0 Å². The second-order valence-corrected chi connectivity index (χ2v) is 6.75. The third-order valence-electron chi connectivity index (χ3n) is 4.94. The lowest BCUT2D eigenvalue weighted by atomic mass is 9.94. The van der Waals surface area contributed by atoms with Crippen LogP contribution in [0, 0.1) is 20.8 Å². The van der Waals surface area contributed by atoms with Crippen molar-refractivity contribution in [2.24, 2.45) is 0 Å². The highest BCUT2D eigenvalue weighted by molar-refractivity contribution is 5.44. The van der Waals surface area contributed by atoms with Crippen LogP contribution in [0.2, 0.25) is 0 Å². The normalized spacial score (nSPS) is 20.4. The van der Waals surface area contributed by atoms with E-state index in [1.165, 1.54) is 29.5 Å². The highest BCUT2D eigenvalue weighted by Crippen LogP contribution is 2.43. The van der Waals surface area contributed by atoms with Crippen molar-refractivity contribution in [1.29, 1.82) is 0 Å². The van der Waals surface area contributed by atoms with Crippen molar-refractivity contribution in [3.63, 3.8) is 0 Å². The Morgan fingerprint density at radius 3 is 2.57 bits per heavy atom. The molecule has 1 aliphatic heterocycles. The molecule has 4 rings (SSSR count). The van der Waals surface area contributed by atoms with Gasteiger partial charge in [-0.15, -0.1) is 10.2 Å². The summed E-state index contributed by atoms with van der Waals surface area (Å²) in [4.78, 5) is 2.53. The van der Waals surface area contributed by atoms with Crippen LogP contribution >= 0.6 is 0 Å². The van der Waals surface area contributed by atoms with Crippen molar-refractivity contribution in [1.82, 2.24) is 15.1 Å². The van der Waals surface area contributed by atoms with E-state index in [0.717, 1.165) is 25.3 Å². The summed E-state index contributed by atoms with van der Waals surface area (Å²) in [6.45, 7) is 7.65. The quantitative estimate of drug-likeness (QED) is 0.865. The van der Waals surface area contributed by atoms with E-state index in [-0.39, 0.29) is 0 Å². The molecule has 23 heavy (non-hydrogen) atoms. The summed E-state index contributed by atoms with van der Waals surface area (Å²) < 4.78 is 11.5. The largest absolute Gasteiger partial charge is 0.493 e. The monoisotopic (exact) mass is 313 g/mol. The Kier molecular flexibility index (Phi) is 3.60. The number of hydrogen-bond donors (Lipinski definition) is 0. The van der Waals surface area contributed by atoms with Crippen molar-refractivity contribution in [2.45, 2.75) is 58.7 Å². The smallest absolute Gasteiger partial charge is 0.230 e. The van der Waals surface area contributed by atoms with Crippen LogP contribution in [-0.2, 0) is 6.54 Å². The molecule has 1 aliphatic carbocycles. The molecule has 1 aromatic carbocycles. The van der Waals surface area contributed by atoms with Crippen LogP contribution in [0.25, 0.3) is 0 Å². The predicted molar refractivity (Wildman–Crippen MR) is 86.4 cm³/mol. The van der Waals surface area contributed by atoms with E-state index in [4.69, 9.17) is 9.15 Å². The van der Waals surface area contributed by atoms with Gasteiger partial charge in [0.15, 0.2) is 0 Å². The topological polar surface area (TPSA) is 51.4 Å². The first-order chi connectivity index (χ1) is 11.1. The number of nitrogens with zero attached hydrogens (tertiary/aromatic N) is 3. The molecule has 2 heterocycles. The fourth-order valence-electron chi connectivity index (χ4n) is 3.44. The Labute approximate surface area is 136 Å². The van der Waals surface area contributed by atoms with Crippen molar-refractivity contribution >= 4 is 0 Å². The summed E-state index contributed by atoms with van der Waals surface area (Å²) >= 11 is 0. The molecule has 0 radical (unpaired) electrons. The van der Waals surface area contributed by atoms with Crippen molar-refractivity contribution < 1.29 is 9.15 Å². The molecule has 1 saturated carbocycles. The van der Waals surface area contributed by atoms with Gasteiger partial charge < -0.3 is 9.15 Å². The van der Waals surface area contributed by atoms with E-state index in [1.807, 2.05) is 6.92 Å². The molecule has 0 spiro atoms. The molecule has 0 bridgehead atoms. The number of fused-ring (bicyclic) bond motifs is 1. The minimum absolute atomic E-state index is 0.373. The lowest BCUT2D eigenvalue weighted by Crippen LogP contribution is -2.34. The molecular formula is C18H23N3O2. The third kappa shape index (κ3) is 2.85. The van der Waals surface area contributed by atoms with Crippen molar-refractivity contribution in [3.8, 4) is 5.75 Å². The van der Waals surface area contributed by atoms with E-state index in [1.54, 1.807) is 0 Å². The number of hydrogen-bond acceptors (Lipinski definition) is 5. The first-order valence-corrected chi connectivity index (χ1v) is 8.40. The average Bonchev–Trinajstić information content (AvgIpc) is 3.28. The summed E-state index contributed by atoms with van der Waals surface area (Å²) in [5.74, 6) is 2.39. The van der Waals surface area contributed by atoms with Gasteiger partial charge in [0.25, 0.3) is 0 Å². The molecule has 1 fully saturated rings. The molecule has 0 amide bonds. The highest BCUT2D eigenvalue weighted by atomic mass is 16.5. The summed E-state index contributed by atoms with van der Waals surface area (Å²) in [7, 11) is 0. The molecule has 1 unspecified atom stereocenters. The standard InChI is InChI=1S/C18H23N3O2/c1-11-8-15-16(6-7-22-17(15)9-12(11)2)21(14-4-5-14)10-18-20-19-13(3)23-18/h8-9,14,16H,4-7,10H2,1-3H3. The molecule has 0 N–H and O–H groups in total. The first-order valence-electron chi connectivity index (χ1n) is 8.40. The van der Waals surface area contributed by atoms with Crippen LogP contribution < -0.4 is 4.74 Å². The Bertz CT molecular complexity index is 721. The van der Waals surface area contributed by atoms with Gasteiger partial charge in [0, 0.05) is 31.0 Å². The molecule has 2 aliphatic rings. The van der Waals surface area contributed by atoms with E-state index in [2.05, 4.69) is 41.1 Å². The highest BCUT2D eigenvalue weighted by Gasteiger charge is 2.38. The summed E-state index contributed by atoms with van der Waals surface area (Å²) in [5, 5.41) is 8.16. The lowest BCUT2D eigenvalue weighted by molar-refractivity contribution is 0.115. The first kappa shape index (κ1) is 14.7. The molecule has 2 aromatic rings. The molecule has 122 valence electrons. The predicted octanol–water partition coefficient (Wildman–Crippen LogP) is 3.48. The van der Waals surface area contributed by atoms with Gasteiger partial charge in [-0.1, -0.05) is 6.07 Å². The molecule has 1 atom stereocenters. The fourth-order valence-corrected chi connectivity index (χ4v) is 3.44. The molecule has 0 saturated heterocycles. The molecule has 1 aromatic heterocycles. The van der Waals surface area contributed by atoms with Crippen LogP contribution in [0.15, 0.2) is 16.5 Å². The Morgan fingerprint density at radius 2 is 1.87 bits per heavy atom. The second kappa shape index (κ2) is 5.64. The minimum atomic E-state index is 0.373. The van der Waals surface area contributed by atoms with Crippen molar-refractivity contribution in [2.75, 3.05) is 6.61 Å².